The fourth-order valence-electron chi connectivity index (χ4n) is 2.27. The summed E-state index contributed by atoms with van der Waals surface area (Å²) in [5, 5.41) is 0. The van der Waals surface area contributed by atoms with Crippen LogP contribution >= 0.6 is 12.2 Å². The van der Waals surface area contributed by atoms with Crippen molar-refractivity contribution in [2.45, 2.75) is 26.3 Å². The van der Waals surface area contributed by atoms with Crippen LogP contribution in [0.2, 0.25) is 0 Å². The van der Waals surface area contributed by atoms with Crippen molar-refractivity contribution in [3.05, 3.63) is 65.2 Å². The Bertz CT molecular complexity index is 617. The molecule has 0 saturated carbocycles. The molecule has 110 valence electrons. The highest BCUT2D eigenvalue weighted by Gasteiger charge is 2.05. The summed E-state index contributed by atoms with van der Waals surface area (Å²) in [6.45, 7) is 5.28. The largest absolute Gasteiger partial charge is 0.389 e. The maximum absolute atomic E-state index is 5.69. The fraction of sp³-hybridized carbons (Fsp3) is 0.278. The van der Waals surface area contributed by atoms with Gasteiger partial charge in [-0.1, -0.05) is 62.5 Å². The SMILES string of the molecule is CC(C)c1ccc(CN(C)c2cccc(C(N)=S)c2)cc1. The summed E-state index contributed by atoms with van der Waals surface area (Å²) in [5.74, 6) is 0.569. The molecule has 2 aromatic rings. The van der Waals surface area contributed by atoms with Crippen LogP contribution in [0.1, 0.15) is 36.5 Å². The van der Waals surface area contributed by atoms with Crippen molar-refractivity contribution in [3.63, 3.8) is 0 Å². The van der Waals surface area contributed by atoms with Gasteiger partial charge in [0.25, 0.3) is 0 Å². The molecule has 0 radical (unpaired) electrons. The van der Waals surface area contributed by atoms with Crippen LogP contribution in [-0.2, 0) is 6.54 Å². The van der Waals surface area contributed by atoms with Gasteiger partial charge in [-0.05, 0) is 29.2 Å². The molecular weight excluding hydrogens is 276 g/mol. The van der Waals surface area contributed by atoms with E-state index >= 15 is 0 Å². The van der Waals surface area contributed by atoms with Crippen LogP contribution in [0.4, 0.5) is 5.69 Å². The number of thiocarbonyl (C=S) groups is 1. The number of hydrogen-bond donors (Lipinski definition) is 1. The number of hydrogen-bond acceptors (Lipinski definition) is 2. The van der Waals surface area contributed by atoms with Crippen LogP contribution < -0.4 is 10.6 Å². The number of benzene rings is 2. The van der Waals surface area contributed by atoms with Crippen molar-refractivity contribution in [1.82, 2.24) is 0 Å². The van der Waals surface area contributed by atoms with Crippen LogP contribution in [0.15, 0.2) is 48.5 Å². The maximum atomic E-state index is 5.69. The zero-order chi connectivity index (χ0) is 15.4. The van der Waals surface area contributed by atoms with Crippen LogP contribution in [0.3, 0.4) is 0 Å². The Morgan fingerprint density at radius 2 is 1.81 bits per heavy atom. The standard InChI is InChI=1S/C18H22N2S/c1-13(2)15-9-7-14(8-10-15)12-20(3)17-6-4-5-16(11-17)18(19)21/h4-11,13H,12H2,1-3H3,(H2,19,21). The molecule has 0 aliphatic rings. The fourth-order valence-corrected chi connectivity index (χ4v) is 2.40. The van der Waals surface area contributed by atoms with Gasteiger partial charge in [-0.15, -0.1) is 0 Å². The molecule has 2 aromatic carbocycles. The monoisotopic (exact) mass is 298 g/mol. The second-order valence-electron chi connectivity index (χ2n) is 5.67. The van der Waals surface area contributed by atoms with Gasteiger partial charge in [-0.25, -0.2) is 0 Å². The first-order chi connectivity index (χ1) is 9.97. The lowest BCUT2D eigenvalue weighted by atomic mass is 10.0. The van der Waals surface area contributed by atoms with Crippen molar-refractivity contribution in [2.75, 3.05) is 11.9 Å². The van der Waals surface area contributed by atoms with Gasteiger partial charge in [0.1, 0.15) is 4.99 Å². The van der Waals surface area contributed by atoms with E-state index < -0.39 is 0 Å². The predicted molar refractivity (Wildman–Crippen MR) is 95.0 cm³/mol. The smallest absolute Gasteiger partial charge is 0.104 e. The van der Waals surface area contributed by atoms with Crippen molar-refractivity contribution in [3.8, 4) is 0 Å². The van der Waals surface area contributed by atoms with E-state index in [-0.39, 0.29) is 0 Å². The Labute approximate surface area is 132 Å². The van der Waals surface area contributed by atoms with Crippen LogP contribution in [0.25, 0.3) is 0 Å². The Morgan fingerprint density at radius 1 is 1.14 bits per heavy atom. The van der Waals surface area contributed by atoms with Crippen molar-refractivity contribution in [2.24, 2.45) is 5.73 Å². The molecule has 0 aliphatic heterocycles. The van der Waals surface area contributed by atoms with Crippen LogP contribution in [0, 0.1) is 0 Å². The predicted octanol–water partition coefficient (Wildman–Crippen LogP) is 4.08. The van der Waals surface area contributed by atoms with Gasteiger partial charge in [0.2, 0.25) is 0 Å². The molecule has 2 rings (SSSR count). The van der Waals surface area contributed by atoms with Crippen molar-refractivity contribution < 1.29 is 0 Å². The topological polar surface area (TPSA) is 29.3 Å². The Kier molecular flexibility index (Phi) is 4.97. The molecule has 0 spiro atoms. The molecule has 0 unspecified atom stereocenters. The van der Waals surface area contributed by atoms with E-state index in [0.29, 0.717) is 10.9 Å². The van der Waals surface area contributed by atoms with Gasteiger partial charge >= 0.3 is 0 Å². The van der Waals surface area contributed by atoms with Gasteiger partial charge < -0.3 is 10.6 Å². The van der Waals surface area contributed by atoms with Gasteiger partial charge in [-0.3, -0.25) is 0 Å². The molecule has 0 saturated heterocycles. The molecule has 0 atom stereocenters. The van der Waals surface area contributed by atoms with E-state index in [9.17, 15) is 0 Å². The molecule has 2 N–H and O–H groups in total. The molecule has 21 heavy (non-hydrogen) atoms. The number of nitrogens with zero attached hydrogens (tertiary/aromatic N) is 1. The summed E-state index contributed by atoms with van der Waals surface area (Å²) in [4.78, 5) is 2.64. The van der Waals surface area contributed by atoms with E-state index in [1.165, 1.54) is 11.1 Å². The van der Waals surface area contributed by atoms with E-state index in [4.69, 9.17) is 18.0 Å². The summed E-state index contributed by atoms with van der Waals surface area (Å²) in [7, 11) is 2.08. The summed E-state index contributed by atoms with van der Waals surface area (Å²) in [6.07, 6.45) is 0. The minimum Gasteiger partial charge on any atom is -0.389 e. The van der Waals surface area contributed by atoms with Crippen LogP contribution in [0.5, 0.6) is 0 Å². The van der Waals surface area contributed by atoms with Crippen LogP contribution in [-0.4, -0.2) is 12.0 Å². The maximum Gasteiger partial charge on any atom is 0.104 e. The first-order valence-corrected chi connectivity index (χ1v) is 7.58. The number of nitrogens with two attached hydrogens (primary N) is 1. The first kappa shape index (κ1) is 15.5. The summed E-state index contributed by atoms with van der Waals surface area (Å²) in [6, 6.07) is 16.8. The van der Waals surface area contributed by atoms with E-state index in [2.05, 4.69) is 56.1 Å². The molecular formula is C18H22N2S. The lowest BCUT2D eigenvalue weighted by molar-refractivity contribution is 0.861. The zero-order valence-corrected chi connectivity index (χ0v) is 13.7. The number of anilines is 1. The van der Waals surface area contributed by atoms with Crippen molar-refractivity contribution in [1.29, 1.82) is 0 Å². The molecule has 3 heteroatoms. The van der Waals surface area contributed by atoms with Gasteiger partial charge in [0, 0.05) is 24.8 Å². The summed E-state index contributed by atoms with van der Waals surface area (Å²) >= 11 is 5.04. The van der Waals surface area contributed by atoms with E-state index in [1.54, 1.807) is 0 Å². The van der Waals surface area contributed by atoms with Gasteiger partial charge in [-0.2, -0.15) is 0 Å². The second-order valence-corrected chi connectivity index (χ2v) is 6.11. The van der Waals surface area contributed by atoms with Crippen molar-refractivity contribution >= 4 is 22.9 Å². The minimum atomic E-state index is 0.437. The lowest BCUT2D eigenvalue weighted by Crippen LogP contribution is -2.17. The quantitative estimate of drug-likeness (QED) is 0.843. The Hall–Kier alpha value is -1.87. The van der Waals surface area contributed by atoms with Gasteiger partial charge in [0.05, 0.1) is 0 Å². The normalized spacial score (nSPS) is 10.7. The average molecular weight is 298 g/mol. The lowest BCUT2D eigenvalue weighted by Gasteiger charge is -2.20. The van der Waals surface area contributed by atoms with E-state index in [0.717, 1.165) is 17.8 Å². The molecule has 0 fully saturated rings. The highest BCUT2D eigenvalue weighted by molar-refractivity contribution is 7.80. The molecule has 0 bridgehead atoms. The minimum absolute atomic E-state index is 0.437. The number of rotatable bonds is 5. The molecule has 0 aliphatic carbocycles. The highest BCUT2D eigenvalue weighted by atomic mass is 32.1. The third-order valence-corrected chi connectivity index (χ3v) is 3.87. The summed E-state index contributed by atoms with van der Waals surface area (Å²) < 4.78 is 0. The van der Waals surface area contributed by atoms with Gasteiger partial charge in [0.15, 0.2) is 0 Å². The molecule has 0 heterocycles. The Balaban J connectivity index is 2.12. The second kappa shape index (κ2) is 6.72. The Morgan fingerprint density at radius 3 is 2.38 bits per heavy atom. The average Bonchev–Trinajstić information content (AvgIpc) is 2.48. The summed E-state index contributed by atoms with van der Waals surface area (Å²) in [5.41, 5.74) is 10.4. The molecule has 0 amide bonds. The molecule has 0 aromatic heterocycles. The first-order valence-electron chi connectivity index (χ1n) is 7.17. The molecule has 2 nitrogen and oxygen atoms in total. The third-order valence-electron chi connectivity index (χ3n) is 3.64. The highest BCUT2D eigenvalue weighted by Crippen LogP contribution is 2.19. The third kappa shape index (κ3) is 4.05. The zero-order valence-electron chi connectivity index (χ0n) is 12.8. The van der Waals surface area contributed by atoms with E-state index in [1.807, 2.05) is 18.2 Å².